The molecule has 0 saturated heterocycles. The molecule has 1 atom stereocenters. The fourth-order valence-corrected chi connectivity index (χ4v) is 3.93. The summed E-state index contributed by atoms with van der Waals surface area (Å²) in [7, 11) is 0. The Hall–Kier alpha value is -3.61. The zero-order valence-corrected chi connectivity index (χ0v) is 19.5. The number of urea groups is 1. The van der Waals surface area contributed by atoms with Crippen LogP contribution in [0.4, 0.5) is 4.79 Å². The summed E-state index contributed by atoms with van der Waals surface area (Å²) in [6.07, 6.45) is 0.898. The van der Waals surface area contributed by atoms with Crippen LogP contribution in [0.2, 0.25) is 0 Å². The molecule has 4 rings (SSSR count). The molecule has 1 unspecified atom stereocenters. The van der Waals surface area contributed by atoms with Crippen molar-refractivity contribution in [3.05, 3.63) is 71.7 Å². The van der Waals surface area contributed by atoms with Crippen molar-refractivity contribution in [2.45, 2.75) is 40.2 Å². The van der Waals surface area contributed by atoms with Crippen molar-refractivity contribution in [1.82, 2.24) is 20.4 Å². The van der Waals surface area contributed by atoms with E-state index in [9.17, 15) is 4.79 Å². The van der Waals surface area contributed by atoms with Crippen LogP contribution in [0.3, 0.4) is 0 Å². The molecule has 2 heterocycles. The van der Waals surface area contributed by atoms with Gasteiger partial charge in [0, 0.05) is 17.8 Å². The number of hydrogen-bond donors (Lipinski definition) is 1. The lowest BCUT2D eigenvalue weighted by molar-refractivity contribution is 0.202. The second-order valence-corrected chi connectivity index (χ2v) is 8.51. The van der Waals surface area contributed by atoms with Crippen LogP contribution in [0.5, 0.6) is 5.75 Å². The number of carbonyl (C=O) groups is 1. The van der Waals surface area contributed by atoms with Gasteiger partial charge in [0.05, 0.1) is 18.2 Å². The van der Waals surface area contributed by atoms with Gasteiger partial charge in [-0.3, -0.25) is 4.90 Å². The number of allylic oxidation sites excluding steroid dienone is 1. The third-order valence-corrected chi connectivity index (χ3v) is 5.74. The molecule has 0 bridgehead atoms. The second kappa shape index (κ2) is 9.90. The number of rotatable bonds is 8. The van der Waals surface area contributed by atoms with Crippen molar-refractivity contribution < 1.29 is 14.1 Å². The molecule has 1 N–H and O–H groups in total. The van der Waals surface area contributed by atoms with Gasteiger partial charge in [-0.1, -0.05) is 49.3 Å². The highest BCUT2D eigenvalue weighted by atomic mass is 16.5. The lowest BCUT2D eigenvalue weighted by atomic mass is 9.94. The van der Waals surface area contributed by atoms with Crippen LogP contribution < -0.4 is 10.1 Å². The van der Waals surface area contributed by atoms with Crippen molar-refractivity contribution in [3.63, 3.8) is 0 Å². The molecule has 0 radical (unpaired) electrons. The molecule has 0 aliphatic carbocycles. The summed E-state index contributed by atoms with van der Waals surface area (Å²) in [5.41, 5.74) is 3.44. The maximum atomic E-state index is 13.0. The molecule has 7 heteroatoms. The SMILES string of the molecule is CCOc1ccc(-c2noc(C3=C(C)N(CCC(C)C)C(=O)NC3c3ccccc3)n2)cc1. The van der Waals surface area contributed by atoms with E-state index in [-0.39, 0.29) is 12.1 Å². The van der Waals surface area contributed by atoms with E-state index in [4.69, 9.17) is 14.2 Å². The minimum atomic E-state index is -0.373. The average molecular weight is 447 g/mol. The van der Waals surface area contributed by atoms with E-state index >= 15 is 0 Å². The summed E-state index contributed by atoms with van der Waals surface area (Å²) in [6, 6.07) is 17.0. The summed E-state index contributed by atoms with van der Waals surface area (Å²) >= 11 is 0. The van der Waals surface area contributed by atoms with Gasteiger partial charge in [0.15, 0.2) is 0 Å². The lowest BCUT2D eigenvalue weighted by Gasteiger charge is -2.35. The second-order valence-electron chi connectivity index (χ2n) is 8.51. The predicted octanol–water partition coefficient (Wildman–Crippen LogP) is 5.68. The lowest BCUT2D eigenvalue weighted by Crippen LogP contribution is -2.46. The van der Waals surface area contributed by atoms with E-state index in [1.54, 1.807) is 4.90 Å². The topological polar surface area (TPSA) is 80.5 Å². The number of nitrogens with one attached hydrogen (secondary N) is 1. The molecule has 2 aromatic carbocycles. The van der Waals surface area contributed by atoms with Crippen molar-refractivity contribution in [1.29, 1.82) is 0 Å². The highest BCUT2D eigenvalue weighted by Crippen LogP contribution is 2.37. The van der Waals surface area contributed by atoms with E-state index < -0.39 is 0 Å². The number of aromatic nitrogens is 2. The van der Waals surface area contributed by atoms with Gasteiger partial charge in [0.1, 0.15) is 5.75 Å². The van der Waals surface area contributed by atoms with Crippen molar-refractivity contribution in [2.75, 3.05) is 13.2 Å². The van der Waals surface area contributed by atoms with Crippen LogP contribution in [-0.4, -0.2) is 34.2 Å². The van der Waals surface area contributed by atoms with Gasteiger partial charge in [0.2, 0.25) is 5.82 Å². The number of amides is 2. The number of carbonyl (C=O) groups excluding carboxylic acids is 1. The molecule has 1 aliphatic heterocycles. The first kappa shape index (κ1) is 22.6. The van der Waals surface area contributed by atoms with Crippen LogP contribution in [0.1, 0.15) is 51.6 Å². The number of benzene rings is 2. The van der Waals surface area contributed by atoms with Gasteiger partial charge in [-0.05, 0) is 56.0 Å². The first-order valence-corrected chi connectivity index (χ1v) is 11.4. The first-order valence-electron chi connectivity index (χ1n) is 11.4. The Labute approximate surface area is 194 Å². The summed E-state index contributed by atoms with van der Waals surface area (Å²) < 4.78 is 11.3. The zero-order chi connectivity index (χ0) is 23.4. The third-order valence-electron chi connectivity index (χ3n) is 5.74. The highest BCUT2D eigenvalue weighted by molar-refractivity contribution is 5.86. The number of ether oxygens (including phenoxy) is 1. The van der Waals surface area contributed by atoms with Crippen molar-refractivity contribution in [3.8, 4) is 17.1 Å². The molecule has 7 nitrogen and oxygen atoms in total. The Bertz CT molecular complexity index is 1120. The van der Waals surface area contributed by atoms with Gasteiger partial charge in [-0.15, -0.1) is 0 Å². The molecular weight excluding hydrogens is 416 g/mol. The molecule has 2 amide bonds. The molecule has 0 fully saturated rings. The fraction of sp³-hybridized carbons (Fsp3) is 0.346. The Morgan fingerprint density at radius 3 is 2.52 bits per heavy atom. The Morgan fingerprint density at radius 1 is 1.12 bits per heavy atom. The van der Waals surface area contributed by atoms with E-state index in [0.29, 0.717) is 30.8 Å². The summed E-state index contributed by atoms with van der Waals surface area (Å²) in [4.78, 5) is 19.5. The van der Waals surface area contributed by atoms with Crippen LogP contribution in [-0.2, 0) is 0 Å². The van der Waals surface area contributed by atoms with Crippen molar-refractivity contribution in [2.24, 2.45) is 5.92 Å². The fourth-order valence-electron chi connectivity index (χ4n) is 3.93. The van der Waals surface area contributed by atoms with E-state index in [1.165, 1.54) is 0 Å². The quantitative estimate of drug-likeness (QED) is 0.482. The average Bonchev–Trinajstić information content (AvgIpc) is 3.29. The monoisotopic (exact) mass is 446 g/mol. The maximum Gasteiger partial charge on any atom is 0.322 e. The van der Waals surface area contributed by atoms with Crippen LogP contribution in [0, 0.1) is 5.92 Å². The van der Waals surface area contributed by atoms with Crippen LogP contribution in [0.15, 0.2) is 64.8 Å². The first-order chi connectivity index (χ1) is 16.0. The molecule has 3 aromatic rings. The van der Waals surface area contributed by atoms with Gasteiger partial charge >= 0.3 is 6.03 Å². The summed E-state index contributed by atoms with van der Waals surface area (Å²) in [6.45, 7) is 9.43. The molecular formula is C26H30N4O3. The molecule has 1 aromatic heterocycles. The largest absolute Gasteiger partial charge is 0.494 e. The van der Waals surface area contributed by atoms with Crippen LogP contribution in [0.25, 0.3) is 17.0 Å². The summed E-state index contributed by atoms with van der Waals surface area (Å²) in [5.74, 6) is 2.17. The molecule has 172 valence electrons. The maximum absolute atomic E-state index is 13.0. The minimum absolute atomic E-state index is 0.114. The predicted molar refractivity (Wildman–Crippen MR) is 127 cm³/mol. The number of hydrogen-bond acceptors (Lipinski definition) is 5. The van der Waals surface area contributed by atoms with Gasteiger partial charge in [-0.2, -0.15) is 4.98 Å². The molecule has 0 spiro atoms. The molecule has 33 heavy (non-hydrogen) atoms. The van der Waals surface area contributed by atoms with Gasteiger partial charge < -0.3 is 14.6 Å². The normalized spacial score (nSPS) is 16.3. The van der Waals surface area contributed by atoms with Crippen LogP contribution >= 0.6 is 0 Å². The highest BCUT2D eigenvalue weighted by Gasteiger charge is 2.35. The Morgan fingerprint density at radius 2 is 1.85 bits per heavy atom. The van der Waals surface area contributed by atoms with E-state index in [0.717, 1.165) is 34.6 Å². The van der Waals surface area contributed by atoms with Gasteiger partial charge in [0.25, 0.3) is 5.89 Å². The zero-order valence-electron chi connectivity index (χ0n) is 19.5. The standard InChI is InChI=1S/C26H30N4O3/c1-5-32-21-13-11-20(12-14-21)24-28-25(33-29-24)22-18(4)30(16-15-17(2)3)26(31)27-23(22)19-9-7-6-8-10-19/h6-14,17,23H,5,15-16H2,1-4H3,(H,27,31). The third kappa shape index (κ3) is 4.92. The van der Waals surface area contributed by atoms with E-state index in [2.05, 4.69) is 24.3 Å². The summed E-state index contributed by atoms with van der Waals surface area (Å²) in [5, 5.41) is 7.37. The number of nitrogens with zero attached hydrogens (tertiary/aromatic N) is 3. The minimum Gasteiger partial charge on any atom is -0.494 e. The van der Waals surface area contributed by atoms with Crippen molar-refractivity contribution >= 4 is 11.6 Å². The Balaban J connectivity index is 1.73. The molecule has 0 saturated carbocycles. The van der Waals surface area contributed by atoms with Gasteiger partial charge in [-0.25, -0.2) is 4.79 Å². The smallest absolute Gasteiger partial charge is 0.322 e. The van der Waals surface area contributed by atoms with E-state index in [1.807, 2.05) is 68.4 Å². The Kier molecular flexibility index (Phi) is 6.77. The molecule has 1 aliphatic rings.